The second-order valence-corrected chi connectivity index (χ2v) is 7.02. The van der Waals surface area contributed by atoms with Crippen LogP contribution in [0.1, 0.15) is 50.7 Å². The lowest BCUT2D eigenvalue weighted by atomic mass is 10.1. The molecule has 0 N–H and O–H groups in total. The number of halogens is 6. The van der Waals surface area contributed by atoms with Crippen molar-refractivity contribution in [1.82, 2.24) is 9.97 Å². The van der Waals surface area contributed by atoms with Crippen LogP contribution in [0.15, 0.2) is 30.5 Å². The molecule has 31 heavy (non-hydrogen) atoms. The Morgan fingerprint density at radius 3 is 2.35 bits per heavy atom. The van der Waals surface area contributed by atoms with Gasteiger partial charge in [0.2, 0.25) is 11.8 Å². The van der Waals surface area contributed by atoms with Crippen LogP contribution in [0.25, 0.3) is 0 Å². The van der Waals surface area contributed by atoms with Gasteiger partial charge in [-0.2, -0.15) is 31.3 Å². The van der Waals surface area contributed by atoms with Gasteiger partial charge in [0, 0.05) is 18.4 Å². The van der Waals surface area contributed by atoms with Crippen molar-refractivity contribution in [3.63, 3.8) is 0 Å². The summed E-state index contributed by atoms with van der Waals surface area (Å²) < 4.78 is 81.4. The fourth-order valence-electron chi connectivity index (χ4n) is 3.02. The van der Waals surface area contributed by atoms with Crippen molar-refractivity contribution >= 4 is 11.6 Å². The van der Waals surface area contributed by atoms with Gasteiger partial charge in [-0.1, -0.05) is 38.3 Å². The molecule has 0 spiro atoms. The lowest BCUT2D eigenvalue weighted by Gasteiger charge is -2.23. The van der Waals surface area contributed by atoms with Crippen LogP contribution in [-0.2, 0) is 12.6 Å². The number of rotatable bonds is 10. The maximum atomic E-state index is 13.2. The first kappa shape index (κ1) is 24.7. The van der Waals surface area contributed by atoms with E-state index in [0.29, 0.717) is 18.4 Å². The quantitative estimate of drug-likeness (QED) is 0.298. The van der Waals surface area contributed by atoms with Crippen molar-refractivity contribution in [2.45, 2.75) is 58.3 Å². The topological polar surface area (TPSA) is 38.2 Å². The zero-order valence-corrected chi connectivity index (χ0v) is 17.4. The van der Waals surface area contributed by atoms with Gasteiger partial charge in [0.1, 0.15) is 5.56 Å². The van der Waals surface area contributed by atoms with E-state index in [1.165, 1.54) is 4.90 Å². The summed E-state index contributed by atoms with van der Waals surface area (Å²) in [4.78, 5) is 8.95. The highest BCUT2D eigenvalue weighted by Gasteiger charge is 2.38. The van der Waals surface area contributed by atoms with Gasteiger partial charge in [-0.3, -0.25) is 0 Å². The predicted molar refractivity (Wildman–Crippen MR) is 106 cm³/mol. The molecule has 0 saturated heterocycles. The Hall–Kier alpha value is -2.52. The third-order valence-corrected chi connectivity index (χ3v) is 4.52. The van der Waals surface area contributed by atoms with Crippen LogP contribution < -0.4 is 9.64 Å². The minimum absolute atomic E-state index is 0.171. The summed E-state index contributed by atoms with van der Waals surface area (Å²) in [5.41, 5.74) is 0.228. The molecule has 10 heteroatoms. The minimum Gasteiger partial charge on any atom is -0.467 e. The minimum atomic E-state index is -4.95. The standard InChI is InChI=1S/C21H25F6N3O/c1-3-5-6-7-9-15-10-8-11-16(12-15)30(4-2)19-28-13-17(21(25,26)27)18(29-19)31-14-20(22,23)24/h8,10-13H,3-7,9,14H2,1-2H3. The van der Waals surface area contributed by atoms with E-state index in [4.69, 9.17) is 0 Å². The lowest BCUT2D eigenvalue weighted by molar-refractivity contribution is -0.159. The number of anilines is 2. The normalized spacial score (nSPS) is 12.1. The van der Waals surface area contributed by atoms with Gasteiger partial charge in [0.05, 0.1) is 0 Å². The molecular weight excluding hydrogens is 424 g/mol. The zero-order valence-electron chi connectivity index (χ0n) is 17.4. The fraction of sp³-hybridized carbons (Fsp3) is 0.524. The highest BCUT2D eigenvalue weighted by atomic mass is 19.4. The van der Waals surface area contributed by atoms with Crippen molar-refractivity contribution in [2.75, 3.05) is 18.1 Å². The summed E-state index contributed by atoms with van der Waals surface area (Å²) in [5.74, 6) is -1.32. The zero-order chi connectivity index (χ0) is 23.1. The summed E-state index contributed by atoms with van der Waals surface area (Å²) in [6, 6.07) is 7.40. The van der Waals surface area contributed by atoms with E-state index in [1.807, 2.05) is 18.2 Å². The van der Waals surface area contributed by atoms with Crippen LogP contribution in [-0.4, -0.2) is 29.3 Å². The number of nitrogens with zero attached hydrogens (tertiary/aromatic N) is 3. The Kier molecular flexibility index (Phi) is 8.52. The molecule has 0 aliphatic carbocycles. The molecule has 0 saturated carbocycles. The van der Waals surface area contributed by atoms with Crippen molar-refractivity contribution in [2.24, 2.45) is 0 Å². The van der Waals surface area contributed by atoms with E-state index >= 15 is 0 Å². The summed E-state index contributed by atoms with van der Waals surface area (Å²) in [6.07, 6.45) is -4.09. The Bertz CT molecular complexity index is 839. The largest absolute Gasteiger partial charge is 0.467 e. The maximum Gasteiger partial charge on any atom is 0.423 e. The molecule has 1 aromatic heterocycles. The second kappa shape index (κ2) is 10.7. The fourth-order valence-corrected chi connectivity index (χ4v) is 3.02. The van der Waals surface area contributed by atoms with Gasteiger partial charge < -0.3 is 9.64 Å². The smallest absolute Gasteiger partial charge is 0.423 e. The summed E-state index contributed by atoms with van der Waals surface area (Å²) in [5, 5.41) is 0. The van der Waals surface area contributed by atoms with E-state index in [1.54, 1.807) is 13.0 Å². The summed E-state index contributed by atoms with van der Waals surface area (Å²) >= 11 is 0. The Morgan fingerprint density at radius 1 is 1.00 bits per heavy atom. The predicted octanol–water partition coefficient (Wildman–Crippen LogP) is 6.72. The molecule has 0 unspecified atom stereocenters. The number of hydrogen-bond acceptors (Lipinski definition) is 4. The highest BCUT2D eigenvalue weighted by molar-refractivity contribution is 5.58. The van der Waals surface area contributed by atoms with Crippen LogP contribution in [0.4, 0.5) is 38.0 Å². The van der Waals surface area contributed by atoms with Crippen LogP contribution in [0, 0.1) is 0 Å². The molecule has 0 fully saturated rings. The van der Waals surface area contributed by atoms with Crippen molar-refractivity contribution in [3.8, 4) is 5.88 Å². The number of alkyl halides is 6. The molecule has 0 atom stereocenters. The number of aryl methyl sites for hydroxylation is 1. The molecule has 0 radical (unpaired) electrons. The number of aromatic nitrogens is 2. The second-order valence-electron chi connectivity index (χ2n) is 7.02. The van der Waals surface area contributed by atoms with Crippen molar-refractivity contribution < 1.29 is 31.1 Å². The van der Waals surface area contributed by atoms with Crippen molar-refractivity contribution in [1.29, 1.82) is 0 Å². The monoisotopic (exact) mass is 449 g/mol. The first-order chi connectivity index (χ1) is 14.5. The van der Waals surface area contributed by atoms with Crippen LogP contribution in [0.5, 0.6) is 5.88 Å². The third-order valence-electron chi connectivity index (χ3n) is 4.52. The van der Waals surface area contributed by atoms with Gasteiger partial charge in [0.15, 0.2) is 6.61 Å². The molecular formula is C21H25F6N3O. The Morgan fingerprint density at radius 2 is 1.74 bits per heavy atom. The van der Waals surface area contributed by atoms with Gasteiger partial charge in [-0.05, 0) is 37.5 Å². The molecule has 4 nitrogen and oxygen atoms in total. The molecule has 0 aliphatic rings. The van der Waals surface area contributed by atoms with Gasteiger partial charge in [0.25, 0.3) is 0 Å². The third kappa shape index (κ3) is 7.59. The van der Waals surface area contributed by atoms with Crippen LogP contribution in [0.3, 0.4) is 0 Å². The van der Waals surface area contributed by atoms with Gasteiger partial charge >= 0.3 is 12.4 Å². The van der Waals surface area contributed by atoms with E-state index in [-0.39, 0.29) is 5.95 Å². The molecule has 2 rings (SSSR count). The van der Waals surface area contributed by atoms with Crippen molar-refractivity contribution in [3.05, 3.63) is 41.6 Å². The van der Waals surface area contributed by atoms with E-state index in [2.05, 4.69) is 21.6 Å². The SMILES string of the molecule is CCCCCCc1cccc(N(CC)c2ncc(C(F)(F)F)c(OCC(F)(F)F)n2)c1. The number of benzene rings is 1. The van der Waals surface area contributed by atoms with E-state index in [0.717, 1.165) is 37.7 Å². The van der Waals surface area contributed by atoms with Crippen LogP contribution >= 0.6 is 0 Å². The first-order valence-corrected chi connectivity index (χ1v) is 10.1. The highest BCUT2D eigenvalue weighted by Crippen LogP contribution is 2.37. The summed E-state index contributed by atoms with van der Waals surface area (Å²) in [7, 11) is 0. The molecule has 1 heterocycles. The molecule has 0 bridgehead atoms. The lowest BCUT2D eigenvalue weighted by Crippen LogP contribution is -2.24. The van der Waals surface area contributed by atoms with Gasteiger partial charge in [-0.25, -0.2) is 4.98 Å². The molecule has 0 aliphatic heterocycles. The average molecular weight is 449 g/mol. The average Bonchev–Trinajstić information content (AvgIpc) is 2.69. The molecule has 1 aromatic carbocycles. The maximum absolute atomic E-state index is 13.2. The molecule has 172 valence electrons. The molecule has 0 amide bonds. The number of hydrogen-bond donors (Lipinski definition) is 0. The van der Waals surface area contributed by atoms with Crippen LogP contribution in [0.2, 0.25) is 0 Å². The number of ether oxygens (including phenoxy) is 1. The number of unbranched alkanes of at least 4 members (excludes halogenated alkanes) is 3. The van der Waals surface area contributed by atoms with Gasteiger partial charge in [-0.15, -0.1) is 0 Å². The summed E-state index contributed by atoms with van der Waals surface area (Å²) in [6.45, 7) is 2.27. The van der Waals surface area contributed by atoms with E-state index in [9.17, 15) is 26.3 Å². The molecule has 2 aromatic rings. The Balaban J connectivity index is 2.32. The van der Waals surface area contributed by atoms with E-state index < -0.39 is 30.4 Å². The first-order valence-electron chi connectivity index (χ1n) is 10.1. The Labute approximate surface area is 177 Å².